The number of rotatable bonds is 4. The lowest BCUT2D eigenvalue weighted by molar-refractivity contribution is 0.0938. The van der Waals surface area contributed by atoms with Crippen molar-refractivity contribution in [2.24, 2.45) is 0 Å². The first kappa shape index (κ1) is 14.3. The number of aliphatic hydroxyl groups is 1. The molecule has 1 aromatic carbocycles. The first-order valence-corrected chi connectivity index (χ1v) is 6.18. The Morgan fingerprint density at radius 2 is 2.06 bits per heavy atom. The maximum atomic E-state index is 11.9. The molecular formula is C15H19NO2. The van der Waals surface area contributed by atoms with Crippen molar-refractivity contribution in [1.82, 2.24) is 5.32 Å². The third-order valence-electron chi connectivity index (χ3n) is 2.56. The molecule has 1 amide bonds. The first-order valence-electron chi connectivity index (χ1n) is 6.18. The van der Waals surface area contributed by atoms with E-state index in [2.05, 4.69) is 24.1 Å². The number of amides is 1. The lowest BCUT2D eigenvalue weighted by Crippen LogP contribution is -2.32. The maximum Gasteiger partial charge on any atom is 0.251 e. The molecule has 18 heavy (non-hydrogen) atoms. The minimum Gasteiger partial charge on any atom is -0.384 e. The highest BCUT2D eigenvalue weighted by molar-refractivity contribution is 5.94. The molecule has 1 atom stereocenters. The third kappa shape index (κ3) is 4.60. The predicted molar refractivity (Wildman–Crippen MR) is 72.2 cm³/mol. The predicted octanol–water partition coefficient (Wildman–Crippen LogP) is 1.95. The first-order chi connectivity index (χ1) is 8.67. The Morgan fingerprint density at radius 3 is 2.61 bits per heavy atom. The van der Waals surface area contributed by atoms with Gasteiger partial charge in [0, 0.05) is 17.2 Å². The number of nitrogens with one attached hydrogen (secondary N) is 1. The Kier molecular flexibility index (Phi) is 5.96. The van der Waals surface area contributed by atoms with Crippen LogP contribution in [-0.2, 0) is 0 Å². The van der Waals surface area contributed by atoms with Gasteiger partial charge in [-0.3, -0.25) is 4.79 Å². The second-order valence-electron chi connectivity index (χ2n) is 4.20. The Labute approximate surface area is 108 Å². The zero-order valence-corrected chi connectivity index (χ0v) is 10.9. The molecule has 2 N–H and O–H groups in total. The molecule has 1 unspecified atom stereocenters. The van der Waals surface area contributed by atoms with Crippen LogP contribution in [0.4, 0.5) is 0 Å². The molecule has 0 aliphatic rings. The van der Waals surface area contributed by atoms with Gasteiger partial charge in [0.15, 0.2) is 0 Å². The van der Waals surface area contributed by atoms with Crippen molar-refractivity contribution < 1.29 is 9.90 Å². The van der Waals surface area contributed by atoms with Crippen molar-refractivity contribution in [1.29, 1.82) is 0 Å². The Bertz CT molecular complexity index is 440. The summed E-state index contributed by atoms with van der Waals surface area (Å²) in [7, 11) is 0. The molecule has 0 saturated carbocycles. The summed E-state index contributed by atoms with van der Waals surface area (Å²) in [5, 5.41) is 11.5. The van der Waals surface area contributed by atoms with E-state index < -0.39 is 0 Å². The summed E-state index contributed by atoms with van der Waals surface area (Å²) in [6, 6.07) is 7.24. The summed E-state index contributed by atoms with van der Waals surface area (Å²) in [4.78, 5) is 11.9. The molecule has 0 fully saturated rings. The second-order valence-corrected chi connectivity index (χ2v) is 4.20. The molecule has 96 valence electrons. The minimum atomic E-state index is -0.156. The number of benzene rings is 1. The largest absolute Gasteiger partial charge is 0.384 e. The van der Waals surface area contributed by atoms with Gasteiger partial charge in [-0.05, 0) is 37.6 Å². The van der Waals surface area contributed by atoms with E-state index in [-0.39, 0.29) is 18.6 Å². The van der Waals surface area contributed by atoms with Gasteiger partial charge in [-0.15, -0.1) is 0 Å². The number of aliphatic hydroxyl groups excluding tert-OH is 1. The van der Waals surface area contributed by atoms with E-state index in [9.17, 15) is 4.79 Å². The number of carbonyl (C=O) groups excluding carboxylic acids is 1. The fourth-order valence-corrected chi connectivity index (χ4v) is 1.66. The SMILES string of the molecule is CCCC(C)NC(=O)c1ccc(C#CCO)cc1. The fraction of sp³-hybridized carbons (Fsp3) is 0.400. The zero-order valence-electron chi connectivity index (χ0n) is 10.9. The molecule has 0 aliphatic heterocycles. The van der Waals surface area contributed by atoms with Gasteiger partial charge in [-0.2, -0.15) is 0 Å². The number of hydrogen-bond acceptors (Lipinski definition) is 2. The van der Waals surface area contributed by atoms with Crippen molar-refractivity contribution in [2.75, 3.05) is 6.61 Å². The lowest BCUT2D eigenvalue weighted by Gasteiger charge is -2.12. The molecular weight excluding hydrogens is 226 g/mol. The van der Waals surface area contributed by atoms with Crippen LogP contribution in [0.3, 0.4) is 0 Å². The van der Waals surface area contributed by atoms with E-state index in [1.807, 2.05) is 6.92 Å². The van der Waals surface area contributed by atoms with Crippen molar-refractivity contribution in [2.45, 2.75) is 32.7 Å². The minimum absolute atomic E-state index is 0.0578. The Balaban J connectivity index is 2.64. The monoisotopic (exact) mass is 245 g/mol. The van der Waals surface area contributed by atoms with Crippen LogP contribution < -0.4 is 5.32 Å². The number of hydrogen-bond donors (Lipinski definition) is 2. The Morgan fingerprint density at radius 1 is 1.39 bits per heavy atom. The van der Waals surface area contributed by atoms with Gasteiger partial charge in [0.1, 0.15) is 6.61 Å². The van der Waals surface area contributed by atoms with Crippen LogP contribution in [0, 0.1) is 11.8 Å². The van der Waals surface area contributed by atoms with E-state index in [4.69, 9.17) is 5.11 Å². The molecule has 0 bridgehead atoms. The molecule has 0 spiro atoms. The van der Waals surface area contributed by atoms with E-state index >= 15 is 0 Å². The summed E-state index contributed by atoms with van der Waals surface area (Å²) >= 11 is 0. The van der Waals surface area contributed by atoms with Crippen LogP contribution in [0.1, 0.15) is 42.6 Å². The van der Waals surface area contributed by atoms with Gasteiger partial charge in [0.25, 0.3) is 5.91 Å². The van der Waals surface area contributed by atoms with Crippen LogP contribution in [0.2, 0.25) is 0 Å². The molecule has 1 rings (SSSR count). The number of carbonyl (C=O) groups is 1. The van der Waals surface area contributed by atoms with E-state index in [1.165, 1.54) is 0 Å². The normalized spacial score (nSPS) is 11.3. The van der Waals surface area contributed by atoms with E-state index in [1.54, 1.807) is 24.3 Å². The molecule has 3 heteroatoms. The molecule has 3 nitrogen and oxygen atoms in total. The summed E-state index contributed by atoms with van der Waals surface area (Å²) in [5.74, 6) is 5.30. The molecule has 0 heterocycles. The van der Waals surface area contributed by atoms with Crippen LogP contribution in [0.5, 0.6) is 0 Å². The molecule has 0 aliphatic carbocycles. The smallest absolute Gasteiger partial charge is 0.251 e. The van der Waals surface area contributed by atoms with Crippen LogP contribution in [0.25, 0.3) is 0 Å². The van der Waals surface area contributed by atoms with Gasteiger partial charge < -0.3 is 10.4 Å². The summed E-state index contributed by atoms with van der Waals surface area (Å²) in [6.07, 6.45) is 2.03. The van der Waals surface area contributed by atoms with Crippen molar-refractivity contribution in [3.05, 3.63) is 35.4 Å². The summed E-state index contributed by atoms with van der Waals surface area (Å²) in [6.45, 7) is 3.94. The average Bonchev–Trinajstić information content (AvgIpc) is 2.37. The molecule has 0 radical (unpaired) electrons. The van der Waals surface area contributed by atoms with Crippen LogP contribution in [-0.4, -0.2) is 23.7 Å². The molecule has 0 saturated heterocycles. The van der Waals surface area contributed by atoms with Crippen molar-refractivity contribution >= 4 is 5.91 Å². The second kappa shape index (κ2) is 7.52. The van der Waals surface area contributed by atoms with Crippen molar-refractivity contribution in [3.8, 4) is 11.8 Å². The van der Waals surface area contributed by atoms with Gasteiger partial charge in [0.05, 0.1) is 0 Å². The van der Waals surface area contributed by atoms with Gasteiger partial charge in [-0.25, -0.2) is 0 Å². The third-order valence-corrected chi connectivity index (χ3v) is 2.56. The maximum absolute atomic E-state index is 11.9. The topological polar surface area (TPSA) is 49.3 Å². The highest BCUT2D eigenvalue weighted by Gasteiger charge is 2.08. The quantitative estimate of drug-likeness (QED) is 0.797. The Hall–Kier alpha value is -1.79. The highest BCUT2D eigenvalue weighted by Crippen LogP contribution is 2.04. The summed E-state index contributed by atoms with van der Waals surface area (Å²) in [5.41, 5.74) is 1.43. The fourth-order valence-electron chi connectivity index (χ4n) is 1.66. The van der Waals surface area contributed by atoms with E-state index in [0.717, 1.165) is 18.4 Å². The highest BCUT2D eigenvalue weighted by atomic mass is 16.2. The van der Waals surface area contributed by atoms with Gasteiger partial charge in [0.2, 0.25) is 0 Å². The summed E-state index contributed by atoms with van der Waals surface area (Å²) < 4.78 is 0. The molecule has 1 aromatic rings. The van der Waals surface area contributed by atoms with E-state index in [0.29, 0.717) is 5.56 Å². The average molecular weight is 245 g/mol. The van der Waals surface area contributed by atoms with Gasteiger partial charge >= 0.3 is 0 Å². The van der Waals surface area contributed by atoms with Crippen molar-refractivity contribution in [3.63, 3.8) is 0 Å². The van der Waals surface area contributed by atoms with Crippen LogP contribution in [0.15, 0.2) is 24.3 Å². The van der Waals surface area contributed by atoms with Crippen LogP contribution >= 0.6 is 0 Å². The van der Waals surface area contributed by atoms with Gasteiger partial charge in [-0.1, -0.05) is 25.2 Å². The lowest BCUT2D eigenvalue weighted by atomic mass is 10.1. The molecule has 0 aromatic heterocycles. The zero-order chi connectivity index (χ0) is 13.4. The standard InChI is InChI=1S/C15H19NO2/c1-3-5-12(2)16-15(18)14-9-7-13(8-10-14)6-4-11-17/h7-10,12,17H,3,5,11H2,1-2H3,(H,16,18).